The highest BCUT2D eigenvalue weighted by Gasteiger charge is 2.15. The quantitative estimate of drug-likeness (QED) is 0.868. The lowest BCUT2D eigenvalue weighted by Crippen LogP contribution is -2.13. The van der Waals surface area contributed by atoms with Crippen molar-refractivity contribution in [1.29, 1.82) is 0 Å². The van der Waals surface area contributed by atoms with E-state index in [1.54, 1.807) is 0 Å². The molecule has 17 heavy (non-hydrogen) atoms. The fourth-order valence-corrected chi connectivity index (χ4v) is 2.55. The maximum Gasteiger partial charge on any atom is 0.0850 e. The van der Waals surface area contributed by atoms with Gasteiger partial charge in [0, 0.05) is 12.2 Å². The Morgan fingerprint density at radius 1 is 1.53 bits per heavy atom. The number of hydrogen-bond acceptors (Lipinski definition) is 2. The van der Waals surface area contributed by atoms with Crippen LogP contribution in [-0.2, 0) is 0 Å². The van der Waals surface area contributed by atoms with Gasteiger partial charge in [-0.05, 0) is 44.2 Å². The van der Waals surface area contributed by atoms with Crippen molar-refractivity contribution in [3.8, 4) is 0 Å². The zero-order valence-electron chi connectivity index (χ0n) is 10.9. The molecule has 1 aromatic heterocycles. The maximum atomic E-state index is 5.91. The highest BCUT2D eigenvalue weighted by Crippen LogP contribution is 2.25. The van der Waals surface area contributed by atoms with Gasteiger partial charge in [-0.3, -0.25) is 4.68 Å². The smallest absolute Gasteiger partial charge is 0.0850 e. The first-order valence-corrected chi connectivity index (χ1v) is 6.73. The van der Waals surface area contributed by atoms with Crippen LogP contribution in [0.5, 0.6) is 0 Å². The van der Waals surface area contributed by atoms with Crippen molar-refractivity contribution in [2.24, 2.45) is 5.73 Å². The highest BCUT2D eigenvalue weighted by molar-refractivity contribution is 5.49. The SMILES string of the molecule is CCC(CC)n1ccc(C=C2CCC(N)C2)n1. The number of aromatic nitrogens is 2. The molecule has 0 bridgehead atoms. The summed E-state index contributed by atoms with van der Waals surface area (Å²) in [5.41, 5.74) is 8.44. The van der Waals surface area contributed by atoms with Crippen molar-refractivity contribution < 1.29 is 0 Å². The average Bonchev–Trinajstić information content (AvgIpc) is 2.91. The lowest BCUT2D eigenvalue weighted by Gasteiger charge is -2.12. The molecule has 2 rings (SSSR count). The summed E-state index contributed by atoms with van der Waals surface area (Å²) in [6.07, 6.45) is 9.89. The van der Waals surface area contributed by atoms with Crippen molar-refractivity contribution in [3.63, 3.8) is 0 Å². The van der Waals surface area contributed by atoms with E-state index >= 15 is 0 Å². The summed E-state index contributed by atoms with van der Waals surface area (Å²) in [5.74, 6) is 0. The van der Waals surface area contributed by atoms with Crippen LogP contribution in [0.2, 0.25) is 0 Å². The fourth-order valence-electron chi connectivity index (χ4n) is 2.55. The molecule has 0 aliphatic heterocycles. The molecular formula is C14H23N3. The van der Waals surface area contributed by atoms with Crippen LogP contribution in [0, 0.1) is 0 Å². The molecular weight excluding hydrogens is 210 g/mol. The van der Waals surface area contributed by atoms with E-state index in [1.807, 2.05) is 0 Å². The molecule has 0 radical (unpaired) electrons. The van der Waals surface area contributed by atoms with Crippen molar-refractivity contribution in [2.75, 3.05) is 0 Å². The van der Waals surface area contributed by atoms with Gasteiger partial charge in [-0.25, -0.2) is 0 Å². The van der Waals surface area contributed by atoms with Crippen LogP contribution < -0.4 is 5.73 Å². The molecule has 1 atom stereocenters. The van der Waals surface area contributed by atoms with E-state index in [0.29, 0.717) is 12.1 Å². The summed E-state index contributed by atoms with van der Waals surface area (Å²) in [7, 11) is 0. The third kappa shape index (κ3) is 2.97. The molecule has 1 fully saturated rings. The molecule has 3 nitrogen and oxygen atoms in total. The number of nitrogens with zero attached hydrogens (tertiary/aromatic N) is 2. The average molecular weight is 233 g/mol. The second-order valence-corrected chi connectivity index (χ2v) is 5.00. The van der Waals surface area contributed by atoms with E-state index in [1.165, 1.54) is 5.57 Å². The van der Waals surface area contributed by atoms with Gasteiger partial charge in [0.05, 0.1) is 11.7 Å². The molecule has 1 aliphatic carbocycles. The second kappa shape index (κ2) is 5.50. The number of nitrogens with two attached hydrogens (primary N) is 1. The Morgan fingerprint density at radius 2 is 2.29 bits per heavy atom. The van der Waals surface area contributed by atoms with E-state index < -0.39 is 0 Å². The maximum absolute atomic E-state index is 5.91. The molecule has 0 spiro atoms. The topological polar surface area (TPSA) is 43.8 Å². The summed E-state index contributed by atoms with van der Waals surface area (Å²) in [6.45, 7) is 4.42. The zero-order chi connectivity index (χ0) is 12.3. The van der Waals surface area contributed by atoms with Gasteiger partial charge < -0.3 is 5.73 Å². The van der Waals surface area contributed by atoms with E-state index in [9.17, 15) is 0 Å². The zero-order valence-corrected chi connectivity index (χ0v) is 10.9. The fraction of sp³-hybridized carbons (Fsp3) is 0.643. The lowest BCUT2D eigenvalue weighted by molar-refractivity contribution is 0.428. The highest BCUT2D eigenvalue weighted by atomic mass is 15.3. The van der Waals surface area contributed by atoms with Gasteiger partial charge >= 0.3 is 0 Å². The first-order chi connectivity index (χ1) is 8.22. The van der Waals surface area contributed by atoms with Crippen molar-refractivity contribution >= 4 is 6.08 Å². The first-order valence-electron chi connectivity index (χ1n) is 6.73. The van der Waals surface area contributed by atoms with E-state index in [2.05, 4.69) is 42.0 Å². The minimum absolute atomic E-state index is 0.363. The molecule has 1 aromatic rings. The molecule has 1 aliphatic rings. The van der Waals surface area contributed by atoms with Crippen LogP contribution >= 0.6 is 0 Å². The van der Waals surface area contributed by atoms with E-state index in [0.717, 1.165) is 37.8 Å². The molecule has 1 saturated carbocycles. The molecule has 94 valence electrons. The monoisotopic (exact) mass is 233 g/mol. The molecule has 0 aromatic carbocycles. The third-order valence-electron chi connectivity index (χ3n) is 3.66. The van der Waals surface area contributed by atoms with Crippen molar-refractivity contribution in [1.82, 2.24) is 9.78 Å². The van der Waals surface area contributed by atoms with Gasteiger partial charge in [-0.15, -0.1) is 0 Å². The van der Waals surface area contributed by atoms with Gasteiger partial charge in [0.15, 0.2) is 0 Å². The Balaban J connectivity index is 2.08. The Kier molecular flexibility index (Phi) is 4.00. The second-order valence-electron chi connectivity index (χ2n) is 5.00. The standard InChI is InChI=1S/C14H23N3/c1-3-14(4-2)17-8-7-13(16-17)10-11-5-6-12(15)9-11/h7-8,10,12,14H,3-6,9,15H2,1-2H3. The summed E-state index contributed by atoms with van der Waals surface area (Å²) < 4.78 is 2.10. The van der Waals surface area contributed by atoms with Crippen LogP contribution in [0.3, 0.4) is 0 Å². The van der Waals surface area contributed by atoms with Crippen LogP contribution in [0.1, 0.15) is 57.7 Å². The van der Waals surface area contributed by atoms with Gasteiger partial charge in [0.25, 0.3) is 0 Å². The molecule has 1 heterocycles. The molecule has 0 saturated heterocycles. The Hall–Kier alpha value is -1.09. The summed E-state index contributed by atoms with van der Waals surface area (Å²) in [4.78, 5) is 0. The predicted molar refractivity (Wildman–Crippen MR) is 71.6 cm³/mol. The Bertz CT molecular complexity index is 388. The normalized spacial score (nSPS) is 22.8. The molecule has 2 N–H and O–H groups in total. The van der Waals surface area contributed by atoms with Crippen LogP contribution in [-0.4, -0.2) is 15.8 Å². The third-order valence-corrected chi connectivity index (χ3v) is 3.66. The van der Waals surface area contributed by atoms with Crippen molar-refractivity contribution in [2.45, 2.75) is 58.0 Å². The predicted octanol–water partition coefficient (Wildman–Crippen LogP) is 3.14. The van der Waals surface area contributed by atoms with Gasteiger partial charge in [0.1, 0.15) is 0 Å². The molecule has 3 heteroatoms. The molecule has 1 unspecified atom stereocenters. The van der Waals surface area contributed by atoms with Crippen LogP contribution in [0.4, 0.5) is 0 Å². The van der Waals surface area contributed by atoms with Gasteiger partial charge in [-0.1, -0.05) is 19.4 Å². The minimum Gasteiger partial charge on any atom is -0.327 e. The first kappa shape index (κ1) is 12.4. The van der Waals surface area contributed by atoms with Crippen LogP contribution in [0.25, 0.3) is 6.08 Å². The Morgan fingerprint density at radius 3 is 2.88 bits per heavy atom. The largest absolute Gasteiger partial charge is 0.327 e. The summed E-state index contributed by atoms with van der Waals surface area (Å²) in [5, 5.41) is 4.64. The summed E-state index contributed by atoms with van der Waals surface area (Å²) in [6, 6.07) is 3.00. The van der Waals surface area contributed by atoms with E-state index in [-0.39, 0.29) is 0 Å². The lowest BCUT2D eigenvalue weighted by atomic mass is 10.2. The molecule has 0 amide bonds. The van der Waals surface area contributed by atoms with E-state index in [4.69, 9.17) is 5.73 Å². The summed E-state index contributed by atoms with van der Waals surface area (Å²) >= 11 is 0. The van der Waals surface area contributed by atoms with Gasteiger partial charge in [-0.2, -0.15) is 5.10 Å². The number of hydrogen-bond donors (Lipinski definition) is 1. The van der Waals surface area contributed by atoms with Crippen molar-refractivity contribution in [3.05, 3.63) is 23.5 Å². The Labute approximate surface area is 104 Å². The minimum atomic E-state index is 0.363. The van der Waals surface area contributed by atoms with Crippen LogP contribution in [0.15, 0.2) is 17.8 Å². The number of rotatable bonds is 4. The van der Waals surface area contributed by atoms with Gasteiger partial charge in [0.2, 0.25) is 0 Å².